The van der Waals surface area contributed by atoms with Crippen LogP contribution in [0.5, 0.6) is 0 Å². The minimum atomic E-state index is -0.861. The SMILES string of the molecule is COCCc1[nH]c(=O)ccc1-c1ccc(C[C@@H](C#N)NC(=O)C2(N)CCCCC2)cc1. The number of carbonyl (C=O) groups excluding carboxylic acids is 1. The van der Waals surface area contributed by atoms with Gasteiger partial charge in [0.25, 0.3) is 0 Å². The van der Waals surface area contributed by atoms with Gasteiger partial charge in [0.15, 0.2) is 0 Å². The van der Waals surface area contributed by atoms with Gasteiger partial charge in [-0.2, -0.15) is 5.26 Å². The van der Waals surface area contributed by atoms with Crippen molar-refractivity contribution < 1.29 is 9.53 Å². The van der Waals surface area contributed by atoms with Crippen molar-refractivity contribution in [2.75, 3.05) is 13.7 Å². The molecule has 0 radical (unpaired) electrons. The molecule has 1 heterocycles. The Morgan fingerprint density at radius 2 is 1.94 bits per heavy atom. The molecule has 1 atom stereocenters. The van der Waals surface area contributed by atoms with E-state index in [1.165, 1.54) is 6.07 Å². The first-order valence-electron chi connectivity index (χ1n) is 10.7. The van der Waals surface area contributed by atoms with Crippen LogP contribution in [0.15, 0.2) is 41.2 Å². The number of amides is 1. The maximum Gasteiger partial charge on any atom is 0.248 e. The highest BCUT2D eigenvalue weighted by Crippen LogP contribution is 2.26. The Morgan fingerprint density at radius 3 is 2.58 bits per heavy atom. The minimum absolute atomic E-state index is 0.144. The second kappa shape index (κ2) is 10.4. The molecule has 7 heteroatoms. The molecule has 0 spiro atoms. The molecule has 0 bridgehead atoms. The Hall–Kier alpha value is -2.95. The van der Waals surface area contributed by atoms with Gasteiger partial charge in [-0.1, -0.05) is 43.5 Å². The molecule has 1 aliphatic rings. The van der Waals surface area contributed by atoms with E-state index in [4.69, 9.17) is 10.5 Å². The summed E-state index contributed by atoms with van der Waals surface area (Å²) in [5.74, 6) is -0.230. The topological polar surface area (TPSA) is 121 Å². The van der Waals surface area contributed by atoms with Crippen LogP contribution in [0.4, 0.5) is 0 Å². The lowest BCUT2D eigenvalue weighted by atomic mass is 9.81. The van der Waals surface area contributed by atoms with Gasteiger partial charge in [0.2, 0.25) is 11.5 Å². The number of rotatable bonds is 8. The average Bonchev–Trinajstić information content (AvgIpc) is 2.78. The standard InChI is InChI=1S/C24H30N4O3/c1-31-14-11-21-20(9-10-22(29)28-21)18-7-5-17(6-8-18)15-19(16-25)27-23(30)24(26)12-3-2-4-13-24/h5-10,19H,2-4,11-15,26H2,1H3,(H,27,30)(H,28,29)/t19-/m0/s1. The number of aromatic nitrogens is 1. The average molecular weight is 423 g/mol. The molecule has 0 saturated heterocycles. The number of ether oxygens (including phenoxy) is 1. The number of nitrogens with two attached hydrogens (primary N) is 1. The third-order valence-corrected chi connectivity index (χ3v) is 5.92. The van der Waals surface area contributed by atoms with E-state index in [-0.39, 0.29) is 11.5 Å². The van der Waals surface area contributed by atoms with Crippen LogP contribution in [0, 0.1) is 11.3 Å². The van der Waals surface area contributed by atoms with E-state index in [1.54, 1.807) is 7.11 Å². The second-order valence-electron chi connectivity index (χ2n) is 8.23. The quantitative estimate of drug-likeness (QED) is 0.603. The molecular weight excluding hydrogens is 392 g/mol. The minimum Gasteiger partial charge on any atom is -0.384 e. The van der Waals surface area contributed by atoms with E-state index in [1.807, 2.05) is 30.3 Å². The van der Waals surface area contributed by atoms with E-state index in [9.17, 15) is 14.9 Å². The summed E-state index contributed by atoms with van der Waals surface area (Å²) in [6, 6.07) is 12.7. The van der Waals surface area contributed by atoms with Crippen molar-refractivity contribution in [2.24, 2.45) is 5.73 Å². The first kappa shape index (κ1) is 22.7. The molecule has 1 aliphatic carbocycles. The lowest BCUT2D eigenvalue weighted by Gasteiger charge is -2.32. The largest absolute Gasteiger partial charge is 0.384 e. The zero-order valence-electron chi connectivity index (χ0n) is 17.9. The summed E-state index contributed by atoms with van der Waals surface area (Å²) in [7, 11) is 1.63. The van der Waals surface area contributed by atoms with E-state index in [0.717, 1.165) is 41.6 Å². The van der Waals surface area contributed by atoms with Gasteiger partial charge in [-0.3, -0.25) is 9.59 Å². The summed E-state index contributed by atoms with van der Waals surface area (Å²) in [5.41, 5.74) is 8.95. The highest BCUT2D eigenvalue weighted by Gasteiger charge is 2.36. The van der Waals surface area contributed by atoms with Gasteiger partial charge in [-0.15, -0.1) is 0 Å². The summed E-state index contributed by atoms with van der Waals surface area (Å²) in [6.07, 6.45) is 5.32. The van der Waals surface area contributed by atoms with Gasteiger partial charge in [-0.25, -0.2) is 0 Å². The third-order valence-electron chi connectivity index (χ3n) is 5.92. The summed E-state index contributed by atoms with van der Waals surface area (Å²) in [6.45, 7) is 0.511. The summed E-state index contributed by atoms with van der Waals surface area (Å²) in [5, 5.41) is 12.4. The number of nitrogens with one attached hydrogen (secondary N) is 2. The normalized spacial score (nSPS) is 16.3. The number of carbonyl (C=O) groups is 1. The molecule has 1 saturated carbocycles. The fraction of sp³-hybridized carbons (Fsp3) is 0.458. The number of H-pyrrole nitrogens is 1. The maximum absolute atomic E-state index is 12.6. The van der Waals surface area contributed by atoms with Gasteiger partial charge in [0.05, 0.1) is 18.2 Å². The summed E-state index contributed by atoms with van der Waals surface area (Å²) in [4.78, 5) is 27.2. The predicted octanol–water partition coefficient (Wildman–Crippen LogP) is 2.44. The molecule has 4 N–H and O–H groups in total. The van der Waals surface area contributed by atoms with Crippen LogP contribution in [-0.4, -0.2) is 36.2 Å². The van der Waals surface area contributed by atoms with E-state index < -0.39 is 11.6 Å². The van der Waals surface area contributed by atoms with Crippen LogP contribution >= 0.6 is 0 Å². The van der Waals surface area contributed by atoms with Gasteiger partial charge in [0.1, 0.15) is 6.04 Å². The number of aromatic amines is 1. The smallest absolute Gasteiger partial charge is 0.248 e. The van der Waals surface area contributed by atoms with Gasteiger partial charge >= 0.3 is 0 Å². The molecule has 1 aromatic carbocycles. The zero-order valence-corrected chi connectivity index (χ0v) is 17.9. The molecule has 1 aromatic heterocycles. The molecule has 2 aromatic rings. The summed E-state index contributed by atoms with van der Waals surface area (Å²) >= 11 is 0. The predicted molar refractivity (Wildman–Crippen MR) is 119 cm³/mol. The fourth-order valence-corrected chi connectivity index (χ4v) is 4.09. The fourth-order valence-electron chi connectivity index (χ4n) is 4.09. The number of benzene rings is 1. The van der Waals surface area contributed by atoms with Crippen LogP contribution in [0.3, 0.4) is 0 Å². The number of pyridine rings is 1. The highest BCUT2D eigenvalue weighted by molar-refractivity contribution is 5.86. The van der Waals surface area contributed by atoms with E-state index >= 15 is 0 Å². The molecule has 7 nitrogen and oxygen atoms in total. The number of methoxy groups -OCH3 is 1. The summed E-state index contributed by atoms with van der Waals surface area (Å²) < 4.78 is 5.14. The Bertz CT molecular complexity index is 985. The van der Waals surface area contributed by atoms with Gasteiger partial charge in [0, 0.05) is 37.3 Å². The Morgan fingerprint density at radius 1 is 1.23 bits per heavy atom. The molecule has 164 valence electrons. The van der Waals surface area contributed by atoms with Gasteiger partial charge < -0.3 is 20.8 Å². The van der Waals surface area contributed by atoms with Crippen molar-refractivity contribution in [1.82, 2.24) is 10.3 Å². The van der Waals surface area contributed by atoms with Crippen molar-refractivity contribution in [3.63, 3.8) is 0 Å². The number of nitrogens with zero attached hydrogens (tertiary/aromatic N) is 1. The van der Waals surface area contributed by atoms with Crippen LogP contribution < -0.4 is 16.6 Å². The molecule has 1 fully saturated rings. The van der Waals surface area contributed by atoms with E-state index in [0.29, 0.717) is 32.3 Å². The Kier molecular flexibility index (Phi) is 7.61. The monoisotopic (exact) mass is 422 g/mol. The van der Waals surface area contributed by atoms with E-state index in [2.05, 4.69) is 16.4 Å². The zero-order chi connectivity index (χ0) is 22.3. The first-order chi connectivity index (χ1) is 14.9. The Balaban J connectivity index is 1.69. The van der Waals surface area contributed by atoms with Crippen LogP contribution in [-0.2, 0) is 22.4 Å². The molecule has 1 amide bonds. The lowest BCUT2D eigenvalue weighted by Crippen LogP contribution is -2.57. The lowest BCUT2D eigenvalue weighted by molar-refractivity contribution is -0.127. The number of nitriles is 1. The molecule has 0 aliphatic heterocycles. The van der Waals surface area contributed by atoms with Gasteiger partial charge in [-0.05, 0) is 30.0 Å². The van der Waals surface area contributed by atoms with Crippen molar-refractivity contribution >= 4 is 5.91 Å². The van der Waals surface area contributed by atoms with Crippen LogP contribution in [0.1, 0.15) is 43.4 Å². The molecule has 3 rings (SSSR count). The molecule has 0 unspecified atom stereocenters. The van der Waals surface area contributed by atoms with Crippen molar-refractivity contribution in [1.29, 1.82) is 5.26 Å². The molecule has 31 heavy (non-hydrogen) atoms. The highest BCUT2D eigenvalue weighted by atomic mass is 16.5. The Labute approximate surface area is 182 Å². The van der Waals surface area contributed by atoms with Crippen molar-refractivity contribution in [3.8, 4) is 17.2 Å². The number of hydrogen-bond acceptors (Lipinski definition) is 5. The van der Waals surface area contributed by atoms with Crippen molar-refractivity contribution in [3.05, 3.63) is 58.0 Å². The third kappa shape index (κ3) is 5.81. The maximum atomic E-state index is 12.6. The second-order valence-corrected chi connectivity index (χ2v) is 8.23. The number of hydrogen-bond donors (Lipinski definition) is 3. The van der Waals surface area contributed by atoms with Crippen molar-refractivity contribution in [2.45, 2.75) is 56.5 Å². The first-order valence-corrected chi connectivity index (χ1v) is 10.7. The van der Waals surface area contributed by atoms with Crippen LogP contribution in [0.2, 0.25) is 0 Å². The molecular formula is C24H30N4O3. The van der Waals surface area contributed by atoms with Crippen LogP contribution in [0.25, 0.3) is 11.1 Å².